The molecule has 0 bridgehead atoms. The van der Waals surface area contributed by atoms with Crippen LogP contribution < -0.4 is 0 Å². The summed E-state index contributed by atoms with van der Waals surface area (Å²) in [5.41, 5.74) is 1.65. The quantitative estimate of drug-likeness (QED) is 0.717. The van der Waals surface area contributed by atoms with E-state index >= 15 is 0 Å². The number of halogens is 3. The minimum absolute atomic E-state index is 0.0153. The van der Waals surface area contributed by atoms with Gasteiger partial charge in [0.1, 0.15) is 5.82 Å². The van der Waals surface area contributed by atoms with Crippen molar-refractivity contribution < 1.29 is 4.39 Å². The summed E-state index contributed by atoms with van der Waals surface area (Å²) >= 11 is 9.68. The smallest absolute Gasteiger partial charge is 0.124 e. The third-order valence-electron chi connectivity index (χ3n) is 2.80. The highest BCUT2D eigenvalue weighted by Crippen LogP contribution is 2.36. The van der Waals surface area contributed by atoms with Crippen LogP contribution in [0.25, 0.3) is 0 Å². The van der Waals surface area contributed by atoms with Crippen LogP contribution in [0.2, 0.25) is 0 Å². The monoisotopic (exact) mass is 327 g/mol. The van der Waals surface area contributed by atoms with E-state index in [1.807, 2.05) is 31.2 Å². The second-order valence-corrected chi connectivity index (χ2v) is 5.53. The molecule has 1 aromatic carbocycles. The van der Waals surface area contributed by atoms with Gasteiger partial charge < -0.3 is 0 Å². The Morgan fingerprint density at radius 3 is 2.67 bits per heavy atom. The van der Waals surface area contributed by atoms with Gasteiger partial charge in [0, 0.05) is 22.3 Å². The van der Waals surface area contributed by atoms with Crippen molar-refractivity contribution >= 4 is 27.5 Å². The summed E-state index contributed by atoms with van der Waals surface area (Å²) in [6.07, 6.45) is 1.73. The van der Waals surface area contributed by atoms with E-state index in [0.717, 1.165) is 11.3 Å². The number of hydrogen-bond acceptors (Lipinski definition) is 1. The van der Waals surface area contributed by atoms with Gasteiger partial charge in [0.25, 0.3) is 0 Å². The molecule has 4 heteroatoms. The fourth-order valence-electron chi connectivity index (χ4n) is 1.82. The summed E-state index contributed by atoms with van der Waals surface area (Å²) in [5.74, 6) is -0.278. The summed E-state index contributed by atoms with van der Waals surface area (Å²) in [5, 5.41) is -0.313. The number of aromatic nitrogens is 1. The second kappa shape index (κ2) is 5.81. The van der Waals surface area contributed by atoms with Crippen LogP contribution in [-0.2, 0) is 0 Å². The van der Waals surface area contributed by atoms with Crippen molar-refractivity contribution in [2.75, 3.05) is 0 Å². The molecule has 1 heterocycles. The molecule has 0 spiro atoms. The van der Waals surface area contributed by atoms with Crippen LogP contribution in [0.3, 0.4) is 0 Å². The minimum Gasteiger partial charge on any atom is -0.261 e. The largest absolute Gasteiger partial charge is 0.261 e. The lowest BCUT2D eigenvalue weighted by Gasteiger charge is -2.18. The highest BCUT2D eigenvalue weighted by Gasteiger charge is 2.20. The van der Waals surface area contributed by atoms with Gasteiger partial charge in [-0.3, -0.25) is 4.98 Å². The van der Waals surface area contributed by atoms with Gasteiger partial charge in [-0.15, -0.1) is 11.6 Å². The normalized spacial score (nSPS) is 14.2. The van der Waals surface area contributed by atoms with Crippen LogP contribution in [0.1, 0.15) is 29.5 Å². The van der Waals surface area contributed by atoms with E-state index in [-0.39, 0.29) is 17.1 Å². The van der Waals surface area contributed by atoms with Gasteiger partial charge in [0.05, 0.1) is 5.38 Å². The number of rotatable bonds is 3. The molecule has 0 radical (unpaired) electrons. The van der Waals surface area contributed by atoms with Crippen molar-refractivity contribution in [3.63, 3.8) is 0 Å². The third kappa shape index (κ3) is 3.09. The van der Waals surface area contributed by atoms with Gasteiger partial charge in [-0.2, -0.15) is 0 Å². The zero-order valence-electron chi connectivity index (χ0n) is 9.78. The molecule has 1 aromatic heterocycles. The maximum absolute atomic E-state index is 13.3. The molecular weight excluding hydrogens is 317 g/mol. The Morgan fingerprint density at radius 2 is 2.06 bits per heavy atom. The van der Waals surface area contributed by atoms with E-state index < -0.39 is 0 Å². The van der Waals surface area contributed by atoms with Gasteiger partial charge in [0.15, 0.2) is 0 Å². The highest BCUT2D eigenvalue weighted by molar-refractivity contribution is 9.10. The number of alkyl halides is 1. The average Bonchev–Trinajstić information content (AvgIpc) is 2.37. The Morgan fingerprint density at radius 1 is 1.28 bits per heavy atom. The predicted molar refractivity (Wildman–Crippen MR) is 75.3 cm³/mol. The Kier molecular flexibility index (Phi) is 4.36. The first-order valence-corrected chi connectivity index (χ1v) is 6.82. The van der Waals surface area contributed by atoms with Crippen molar-refractivity contribution in [2.45, 2.75) is 18.2 Å². The lowest BCUT2D eigenvalue weighted by atomic mass is 9.97. The Hall–Kier alpha value is -0.930. The number of pyridine rings is 1. The SMILES string of the molecule is CC(c1ccccn1)C(Cl)c1cc(F)cc(Br)c1. The molecule has 94 valence electrons. The van der Waals surface area contributed by atoms with Crippen LogP contribution >= 0.6 is 27.5 Å². The lowest BCUT2D eigenvalue weighted by molar-refractivity contribution is 0.619. The van der Waals surface area contributed by atoms with Crippen molar-refractivity contribution in [1.29, 1.82) is 0 Å². The highest BCUT2D eigenvalue weighted by atomic mass is 79.9. The first-order chi connectivity index (χ1) is 8.58. The lowest BCUT2D eigenvalue weighted by Crippen LogP contribution is -2.04. The molecule has 0 aliphatic heterocycles. The average molecular weight is 329 g/mol. The topological polar surface area (TPSA) is 12.9 Å². The van der Waals surface area contributed by atoms with Gasteiger partial charge in [-0.25, -0.2) is 4.39 Å². The first-order valence-electron chi connectivity index (χ1n) is 5.59. The molecule has 2 atom stereocenters. The fourth-order valence-corrected chi connectivity index (χ4v) is 2.56. The molecule has 0 aliphatic rings. The van der Waals surface area contributed by atoms with E-state index in [1.54, 1.807) is 6.20 Å². The number of hydrogen-bond donors (Lipinski definition) is 0. The zero-order chi connectivity index (χ0) is 13.1. The number of benzene rings is 1. The summed E-state index contributed by atoms with van der Waals surface area (Å²) in [7, 11) is 0. The van der Waals surface area contributed by atoms with E-state index in [0.29, 0.717) is 4.47 Å². The van der Waals surface area contributed by atoms with Gasteiger partial charge >= 0.3 is 0 Å². The molecule has 1 nitrogen and oxygen atoms in total. The van der Waals surface area contributed by atoms with E-state index in [1.165, 1.54) is 12.1 Å². The summed E-state index contributed by atoms with van der Waals surface area (Å²) < 4.78 is 14.0. The summed E-state index contributed by atoms with van der Waals surface area (Å²) in [6, 6.07) is 10.4. The minimum atomic E-state index is -0.313. The fraction of sp³-hybridized carbons (Fsp3) is 0.214. The third-order valence-corrected chi connectivity index (χ3v) is 3.88. The van der Waals surface area contributed by atoms with Crippen molar-refractivity contribution in [1.82, 2.24) is 4.98 Å². The zero-order valence-corrected chi connectivity index (χ0v) is 12.1. The molecule has 2 aromatic rings. The molecule has 2 rings (SSSR count). The molecule has 0 fully saturated rings. The Labute approximate surface area is 119 Å². The molecule has 0 saturated heterocycles. The summed E-state index contributed by atoms with van der Waals surface area (Å²) in [6.45, 7) is 1.98. The molecule has 18 heavy (non-hydrogen) atoms. The summed E-state index contributed by atoms with van der Waals surface area (Å²) in [4.78, 5) is 4.28. The molecule has 0 aliphatic carbocycles. The van der Waals surface area contributed by atoms with Gasteiger partial charge in [-0.05, 0) is 35.9 Å². The molecule has 0 saturated carbocycles. The first kappa shape index (κ1) is 13.5. The van der Waals surface area contributed by atoms with Gasteiger partial charge in [0.2, 0.25) is 0 Å². The second-order valence-electron chi connectivity index (χ2n) is 4.15. The van der Waals surface area contributed by atoms with Crippen molar-refractivity contribution in [3.05, 3.63) is 64.1 Å². The van der Waals surface area contributed by atoms with Crippen LogP contribution in [0.4, 0.5) is 4.39 Å². The van der Waals surface area contributed by atoms with E-state index in [2.05, 4.69) is 20.9 Å². The van der Waals surface area contributed by atoms with Gasteiger partial charge in [-0.1, -0.05) is 28.9 Å². The van der Waals surface area contributed by atoms with Crippen LogP contribution in [0, 0.1) is 5.82 Å². The van der Waals surface area contributed by atoms with Crippen LogP contribution in [0.5, 0.6) is 0 Å². The maximum Gasteiger partial charge on any atom is 0.124 e. The maximum atomic E-state index is 13.3. The molecule has 0 N–H and O–H groups in total. The Balaban J connectivity index is 2.28. The van der Waals surface area contributed by atoms with E-state index in [9.17, 15) is 4.39 Å². The predicted octanol–water partition coefficient (Wildman–Crippen LogP) is 5.07. The van der Waals surface area contributed by atoms with Crippen LogP contribution in [0.15, 0.2) is 47.1 Å². The molecular formula is C14H12BrClFN. The van der Waals surface area contributed by atoms with Crippen LogP contribution in [-0.4, -0.2) is 4.98 Å². The van der Waals surface area contributed by atoms with Crippen molar-refractivity contribution in [2.24, 2.45) is 0 Å². The standard InChI is InChI=1S/C14H12BrClFN/c1-9(13-4-2-3-5-18-13)14(16)10-6-11(15)8-12(17)7-10/h2-9,14H,1H3. The molecule has 0 amide bonds. The molecule has 2 unspecified atom stereocenters. The van der Waals surface area contributed by atoms with E-state index in [4.69, 9.17) is 11.6 Å². The Bertz CT molecular complexity index is 512. The number of nitrogens with zero attached hydrogens (tertiary/aromatic N) is 1. The van der Waals surface area contributed by atoms with Crippen molar-refractivity contribution in [3.8, 4) is 0 Å².